The molecule has 0 unspecified atom stereocenters. The number of hydrogen-bond acceptors (Lipinski definition) is 7. The normalized spacial score (nSPS) is 19.0. The van der Waals surface area contributed by atoms with E-state index < -0.39 is 28.0 Å². The van der Waals surface area contributed by atoms with Gasteiger partial charge in [-0.2, -0.15) is 30.2 Å². The van der Waals surface area contributed by atoms with Crippen molar-refractivity contribution < 1.29 is 26.3 Å². The molecule has 0 amide bonds. The van der Waals surface area contributed by atoms with Crippen molar-refractivity contribution in [2.24, 2.45) is 0 Å². The first-order valence-electron chi connectivity index (χ1n) is 10.6. The Morgan fingerprint density at radius 2 is 1.85 bits per heavy atom. The summed E-state index contributed by atoms with van der Waals surface area (Å²) in [5.41, 5.74) is 6.23. The molecule has 0 saturated carbocycles. The van der Waals surface area contributed by atoms with Crippen LogP contribution in [0.25, 0.3) is 0 Å². The van der Waals surface area contributed by atoms with Gasteiger partial charge in [0.25, 0.3) is 10.2 Å². The van der Waals surface area contributed by atoms with E-state index in [0.717, 1.165) is 12.1 Å². The largest absolute Gasteiger partial charge is 0.416 e. The van der Waals surface area contributed by atoms with Gasteiger partial charge in [0.15, 0.2) is 0 Å². The second kappa shape index (κ2) is 9.46. The lowest BCUT2D eigenvalue weighted by Gasteiger charge is -2.35. The first kappa shape index (κ1) is 24.9. The molecule has 1 aromatic carbocycles. The number of aromatic nitrogens is 2. The fourth-order valence-corrected chi connectivity index (χ4v) is 5.73. The topological polar surface area (TPSA) is 114 Å². The van der Waals surface area contributed by atoms with Crippen molar-refractivity contribution in [1.82, 2.24) is 18.6 Å². The Morgan fingerprint density at radius 1 is 1.15 bits per heavy atom. The number of nitrogens with two attached hydrogens (primary N) is 1. The van der Waals surface area contributed by atoms with Gasteiger partial charge < -0.3 is 15.8 Å². The molecule has 1 fully saturated rings. The molecule has 0 spiro atoms. The minimum Gasteiger partial charge on any atom is -0.399 e. The number of fused-ring (bicyclic) bond motifs is 1. The van der Waals surface area contributed by atoms with Gasteiger partial charge in [0.05, 0.1) is 30.5 Å². The van der Waals surface area contributed by atoms with E-state index in [9.17, 15) is 21.6 Å². The predicted octanol–water partition coefficient (Wildman–Crippen LogP) is 2.84. The molecule has 4 rings (SSSR count). The fourth-order valence-electron chi connectivity index (χ4n) is 3.99. The molecule has 14 heteroatoms. The maximum atomic E-state index is 13.2. The third kappa shape index (κ3) is 5.23. The smallest absolute Gasteiger partial charge is 0.399 e. The van der Waals surface area contributed by atoms with Crippen molar-refractivity contribution in [2.75, 3.05) is 43.9 Å². The van der Waals surface area contributed by atoms with Gasteiger partial charge in [0.2, 0.25) is 5.28 Å². The Morgan fingerprint density at radius 3 is 2.53 bits per heavy atom. The molecular weight excluding hydrogens is 497 g/mol. The summed E-state index contributed by atoms with van der Waals surface area (Å²) < 4.78 is 73.9. The molecule has 2 aliphatic heterocycles. The average Bonchev–Trinajstić information content (AvgIpc) is 2.78. The molecule has 0 aliphatic carbocycles. The Bertz CT molecular complexity index is 1170. The van der Waals surface area contributed by atoms with E-state index in [1.807, 2.05) is 0 Å². The van der Waals surface area contributed by atoms with Crippen LogP contribution in [0.3, 0.4) is 0 Å². The molecule has 1 saturated heterocycles. The van der Waals surface area contributed by atoms with Gasteiger partial charge in [-0.05, 0) is 42.3 Å². The average molecular weight is 521 g/mol. The molecule has 2 aromatic rings. The summed E-state index contributed by atoms with van der Waals surface area (Å²) in [6.07, 6.45) is -4.23. The maximum Gasteiger partial charge on any atom is 0.416 e. The van der Waals surface area contributed by atoms with Crippen LogP contribution in [0.15, 0.2) is 18.2 Å². The van der Waals surface area contributed by atoms with Crippen molar-refractivity contribution >= 4 is 33.3 Å². The first-order valence-corrected chi connectivity index (χ1v) is 12.3. The van der Waals surface area contributed by atoms with Crippen LogP contribution in [0.5, 0.6) is 0 Å². The molecule has 186 valence electrons. The zero-order chi connectivity index (χ0) is 24.7. The van der Waals surface area contributed by atoms with E-state index in [1.54, 1.807) is 6.92 Å². The highest BCUT2D eigenvalue weighted by Gasteiger charge is 2.35. The van der Waals surface area contributed by atoms with Gasteiger partial charge in [-0.3, -0.25) is 0 Å². The second-order valence-electron chi connectivity index (χ2n) is 8.12. The Labute approximate surface area is 200 Å². The number of morpholine rings is 1. The van der Waals surface area contributed by atoms with Crippen LogP contribution in [0, 0.1) is 0 Å². The molecule has 34 heavy (non-hydrogen) atoms. The minimum absolute atomic E-state index is 0.00593. The van der Waals surface area contributed by atoms with Crippen LogP contribution in [-0.4, -0.2) is 59.8 Å². The third-order valence-corrected chi connectivity index (χ3v) is 7.93. The van der Waals surface area contributed by atoms with E-state index in [-0.39, 0.29) is 43.0 Å². The van der Waals surface area contributed by atoms with Crippen LogP contribution in [0.2, 0.25) is 5.28 Å². The number of nitrogens with zero attached hydrogens (tertiary/aromatic N) is 4. The van der Waals surface area contributed by atoms with Crippen LogP contribution in [0.4, 0.5) is 24.7 Å². The number of nitrogens with one attached hydrogen (secondary N) is 1. The van der Waals surface area contributed by atoms with Gasteiger partial charge in [-0.1, -0.05) is 0 Å². The highest BCUT2D eigenvalue weighted by atomic mass is 35.5. The Kier molecular flexibility index (Phi) is 6.93. The highest BCUT2D eigenvalue weighted by Crippen LogP contribution is 2.34. The summed E-state index contributed by atoms with van der Waals surface area (Å²) >= 11 is 6.08. The summed E-state index contributed by atoms with van der Waals surface area (Å²) in [7, 11) is -3.73. The number of ether oxygens (including phenoxy) is 1. The fraction of sp³-hybridized carbons (Fsp3) is 0.500. The Balaban J connectivity index is 1.62. The molecular formula is C20H24ClF3N6O3S. The molecule has 9 nitrogen and oxygen atoms in total. The number of halogens is 4. The quantitative estimate of drug-likeness (QED) is 0.460. The highest BCUT2D eigenvalue weighted by molar-refractivity contribution is 7.86. The number of anilines is 2. The first-order chi connectivity index (χ1) is 15.9. The lowest BCUT2D eigenvalue weighted by atomic mass is 10.0. The molecule has 2 aliphatic rings. The van der Waals surface area contributed by atoms with Gasteiger partial charge in [0.1, 0.15) is 5.82 Å². The van der Waals surface area contributed by atoms with E-state index >= 15 is 0 Å². The molecule has 3 heterocycles. The summed E-state index contributed by atoms with van der Waals surface area (Å²) in [4.78, 5) is 8.44. The number of alkyl halides is 3. The van der Waals surface area contributed by atoms with Crippen molar-refractivity contribution in [3.63, 3.8) is 0 Å². The van der Waals surface area contributed by atoms with Gasteiger partial charge in [-0.15, -0.1) is 0 Å². The number of hydrogen-bond donors (Lipinski definition) is 2. The van der Waals surface area contributed by atoms with E-state index in [4.69, 9.17) is 22.1 Å². The monoisotopic (exact) mass is 520 g/mol. The van der Waals surface area contributed by atoms with Crippen molar-refractivity contribution in [1.29, 1.82) is 0 Å². The molecule has 0 radical (unpaired) electrons. The van der Waals surface area contributed by atoms with Crippen LogP contribution >= 0.6 is 11.6 Å². The van der Waals surface area contributed by atoms with E-state index in [0.29, 0.717) is 36.5 Å². The zero-order valence-electron chi connectivity index (χ0n) is 18.3. The predicted molar refractivity (Wildman–Crippen MR) is 120 cm³/mol. The second-order valence-corrected chi connectivity index (χ2v) is 10.4. The van der Waals surface area contributed by atoms with Gasteiger partial charge >= 0.3 is 6.18 Å². The lowest BCUT2D eigenvalue weighted by molar-refractivity contribution is -0.137. The summed E-state index contributed by atoms with van der Waals surface area (Å²) in [5, 5.41) is 3.03. The Hall–Kier alpha value is -2.19. The zero-order valence-corrected chi connectivity index (χ0v) is 19.8. The third-order valence-electron chi connectivity index (χ3n) is 5.78. The minimum atomic E-state index is -4.55. The van der Waals surface area contributed by atoms with Crippen molar-refractivity contribution in [3.8, 4) is 0 Å². The van der Waals surface area contributed by atoms with Gasteiger partial charge in [0, 0.05) is 43.9 Å². The van der Waals surface area contributed by atoms with E-state index in [2.05, 4.69) is 15.3 Å². The molecule has 1 aromatic heterocycles. The van der Waals surface area contributed by atoms with Crippen LogP contribution < -0.4 is 11.1 Å². The number of rotatable bonds is 5. The van der Waals surface area contributed by atoms with E-state index in [1.165, 1.54) is 14.7 Å². The molecule has 1 atom stereocenters. The number of nitrogen functional groups attached to an aromatic ring is 1. The van der Waals surface area contributed by atoms with Crippen molar-refractivity contribution in [2.45, 2.75) is 32.1 Å². The molecule has 0 bridgehead atoms. The maximum absolute atomic E-state index is 13.2. The summed E-state index contributed by atoms with van der Waals surface area (Å²) in [6.45, 7) is 3.07. The van der Waals surface area contributed by atoms with Crippen LogP contribution in [0.1, 0.15) is 35.3 Å². The number of benzene rings is 1. The van der Waals surface area contributed by atoms with Crippen molar-refractivity contribution in [3.05, 3.63) is 45.9 Å². The SMILES string of the molecule is C[C@@H](Nc1nc(Cl)nc2c1CN(S(=O)(=O)N1CCOCC1)CC2)c1cc(N)cc(C(F)(F)F)c1. The van der Waals surface area contributed by atoms with Gasteiger partial charge in [-0.25, -0.2) is 9.97 Å². The molecule has 3 N–H and O–H groups in total. The summed E-state index contributed by atoms with van der Waals surface area (Å²) in [6, 6.07) is 2.69. The van der Waals surface area contributed by atoms with Crippen LogP contribution in [-0.2, 0) is 34.1 Å². The summed E-state index contributed by atoms with van der Waals surface area (Å²) in [5.74, 6) is 0.264. The lowest BCUT2D eigenvalue weighted by Crippen LogP contribution is -2.50. The standard InChI is InChI=1S/C20H24ClF3N6O3S/c1-12(13-8-14(20(22,23)24)10-15(25)9-13)26-18-16-11-30(3-2-17(16)27-19(21)28-18)34(31,32)29-4-6-33-7-5-29/h8-10,12H,2-7,11,25H2,1H3,(H,26,27,28)/t12-/m1/s1.